The summed E-state index contributed by atoms with van der Waals surface area (Å²) in [6.07, 6.45) is 9.21. The zero-order chi connectivity index (χ0) is 16.9. The molecule has 0 spiro atoms. The molecule has 1 heterocycles. The topological polar surface area (TPSA) is 61.4 Å². The van der Waals surface area contributed by atoms with Crippen LogP contribution in [0, 0.1) is 5.92 Å². The Balaban J connectivity index is 1.60. The van der Waals surface area contributed by atoms with Gasteiger partial charge in [-0.3, -0.25) is 4.79 Å². The molecule has 128 valence electrons. The van der Waals surface area contributed by atoms with Crippen molar-refractivity contribution in [2.45, 2.75) is 45.1 Å². The second-order valence-corrected chi connectivity index (χ2v) is 6.54. The van der Waals surface area contributed by atoms with Crippen molar-refractivity contribution in [2.24, 2.45) is 5.92 Å². The fourth-order valence-corrected chi connectivity index (χ4v) is 3.46. The van der Waals surface area contributed by atoms with Gasteiger partial charge >= 0.3 is 6.03 Å². The van der Waals surface area contributed by atoms with Gasteiger partial charge in [-0.25, -0.2) is 4.79 Å². The van der Waals surface area contributed by atoms with E-state index >= 15 is 0 Å². The fourth-order valence-electron chi connectivity index (χ4n) is 3.46. The third-order valence-electron chi connectivity index (χ3n) is 4.85. The summed E-state index contributed by atoms with van der Waals surface area (Å²) in [6.45, 7) is 2.71. The molecule has 24 heavy (non-hydrogen) atoms. The Morgan fingerprint density at radius 1 is 1.17 bits per heavy atom. The molecule has 1 aromatic carbocycles. The van der Waals surface area contributed by atoms with Gasteiger partial charge in [-0.2, -0.15) is 0 Å². The predicted molar refractivity (Wildman–Crippen MR) is 96.0 cm³/mol. The highest BCUT2D eigenvalue weighted by molar-refractivity contribution is 5.94. The average Bonchev–Trinajstić information content (AvgIpc) is 3.26. The molecule has 2 N–H and O–H groups in total. The minimum absolute atomic E-state index is 0.0887. The number of hydrogen-bond acceptors (Lipinski definition) is 2. The molecule has 3 amide bonds. The number of benzene rings is 1. The smallest absolute Gasteiger partial charge is 0.322 e. The molecule has 5 heteroatoms. The molecule has 1 aliphatic heterocycles. The van der Waals surface area contributed by atoms with Crippen LogP contribution in [0.2, 0.25) is 0 Å². The maximum Gasteiger partial charge on any atom is 0.322 e. The van der Waals surface area contributed by atoms with Crippen LogP contribution >= 0.6 is 0 Å². The summed E-state index contributed by atoms with van der Waals surface area (Å²) in [5.74, 6) is 0.218. The zero-order valence-electron chi connectivity index (χ0n) is 14.1. The fraction of sp³-hybridized carbons (Fsp3) is 0.474. The van der Waals surface area contributed by atoms with E-state index in [2.05, 4.69) is 23.6 Å². The monoisotopic (exact) mass is 327 g/mol. The van der Waals surface area contributed by atoms with Crippen LogP contribution in [0.5, 0.6) is 0 Å². The largest absolute Gasteiger partial charge is 0.326 e. The first kappa shape index (κ1) is 16.6. The lowest BCUT2D eigenvalue weighted by Gasteiger charge is -2.24. The maximum atomic E-state index is 12.4. The molecule has 1 fully saturated rings. The lowest BCUT2D eigenvalue weighted by Crippen LogP contribution is -2.38. The van der Waals surface area contributed by atoms with E-state index in [-0.39, 0.29) is 23.9 Å². The van der Waals surface area contributed by atoms with Crippen molar-refractivity contribution in [2.75, 3.05) is 17.2 Å². The quantitative estimate of drug-likeness (QED) is 0.821. The highest BCUT2D eigenvalue weighted by atomic mass is 16.2. The van der Waals surface area contributed by atoms with Crippen molar-refractivity contribution in [1.82, 2.24) is 4.90 Å². The highest BCUT2D eigenvalue weighted by Gasteiger charge is 2.24. The summed E-state index contributed by atoms with van der Waals surface area (Å²) < 4.78 is 0. The van der Waals surface area contributed by atoms with Crippen molar-refractivity contribution in [3.05, 3.63) is 36.4 Å². The molecular formula is C19H25N3O2. The Bertz CT molecular complexity index is 635. The lowest BCUT2D eigenvalue weighted by molar-refractivity contribution is -0.119. The molecule has 2 aliphatic rings. The van der Waals surface area contributed by atoms with E-state index in [0.717, 1.165) is 37.8 Å². The van der Waals surface area contributed by atoms with Gasteiger partial charge < -0.3 is 15.5 Å². The van der Waals surface area contributed by atoms with Crippen molar-refractivity contribution in [3.63, 3.8) is 0 Å². The second-order valence-electron chi connectivity index (χ2n) is 6.54. The molecule has 1 unspecified atom stereocenters. The number of carbonyl (C=O) groups is 2. The Morgan fingerprint density at radius 2 is 1.88 bits per heavy atom. The van der Waals surface area contributed by atoms with Crippen molar-refractivity contribution >= 4 is 23.3 Å². The van der Waals surface area contributed by atoms with E-state index in [1.54, 1.807) is 0 Å². The summed E-state index contributed by atoms with van der Waals surface area (Å²) in [5, 5.41) is 5.90. The van der Waals surface area contributed by atoms with Crippen molar-refractivity contribution in [1.29, 1.82) is 0 Å². The summed E-state index contributed by atoms with van der Waals surface area (Å²) in [4.78, 5) is 26.4. The Kier molecular flexibility index (Phi) is 5.18. The zero-order valence-corrected chi connectivity index (χ0v) is 14.1. The third kappa shape index (κ3) is 3.78. The van der Waals surface area contributed by atoms with E-state index in [1.807, 2.05) is 35.2 Å². The molecule has 0 bridgehead atoms. The molecule has 5 nitrogen and oxygen atoms in total. The van der Waals surface area contributed by atoms with Gasteiger partial charge in [-0.05, 0) is 37.5 Å². The van der Waals surface area contributed by atoms with Gasteiger partial charge in [0.15, 0.2) is 0 Å². The molecule has 0 aromatic heterocycles. The van der Waals surface area contributed by atoms with Gasteiger partial charge in [0.2, 0.25) is 5.91 Å². The number of nitrogens with zero attached hydrogens (tertiary/aromatic N) is 1. The Morgan fingerprint density at radius 3 is 2.58 bits per heavy atom. The third-order valence-corrected chi connectivity index (χ3v) is 4.85. The molecule has 0 saturated heterocycles. The van der Waals surface area contributed by atoms with Gasteiger partial charge in [0.05, 0.1) is 6.04 Å². The summed E-state index contributed by atoms with van der Waals surface area (Å²) in [7, 11) is 0. The van der Waals surface area contributed by atoms with Crippen LogP contribution in [-0.4, -0.2) is 29.4 Å². The van der Waals surface area contributed by atoms with Crippen LogP contribution in [0.4, 0.5) is 16.2 Å². The number of urea groups is 1. The van der Waals surface area contributed by atoms with Crippen LogP contribution in [0.1, 0.15) is 39.0 Å². The summed E-state index contributed by atoms with van der Waals surface area (Å²) in [5.41, 5.74) is 1.43. The Labute approximate surface area is 143 Å². The molecule has 3 rings (SSSR count). The normalized spacial score (nSPS) is 20.4. The van der Waals surface area contributed by atoms with E-state index in [0.29, 0.717) is 12.2 Å². The van der Waals surface area contributed by atoms with Crippen molar-refractivity contribution in [3.8, 4) is 0 Å². The standard InChI is InChI=1S/C19H25N3O2/c1-2-17-11-6-12-22(17)19(24)21-16-10-5-9-15(13-16)20-18(23)14-7-3-4-8-14/h5-6,9-11,13-14,17H,2-4,7-8,12H2,1H3,(H,20,23)(H,21,24). The summed E-state index contributed by atoms with van der Waals surface area (Å²) >= 11 is 0. The van der Waals surface area contributed by atoms with Crippen molar-refractivity contribution < 1.29 is 9.59 Å². The SMILES string of the molecule is CCC1C=CCN1C(=O)Nc1cccc(NC(=O)C2CCCC2)c1. The van der Waals surface area contributed by atoms with Crippen LogP contribution in [0.15, 0.2) is 36.4 Å². The average molecular weight is 327 g/mol. The number of anilines is 2. The highest BCUT2D eigenvalue weighted by Crippen LogP contribution is 2.26. The van der Waals surface area contributed by atoms with E-state index in [1.165, 1.54) is 0 Å². The number of carbonyl (C=O) groups excluding carboxylic acids is 2. The first-order valence-electron chi connectivity index (χ1n) is 8.82. The number of amides is 3. The molecule has 1 atom stereocenters. The first-order chi connectivity index (χ1) is 11.7. The number of hydrogen-bond donors (Lipinski definition) is 2. The molecule has 1 aromatic rings. The second kappa shape index (κ2) is 7.51. The number of rotatable bonds is 4. The minimum Gasteiger partial charge on any atom is -0.326 e. The van der Waals surface area contributed by atoms with Gasteiger partial charge in [-0.15, -0.1) is 0 Å². The molecule has 1 aliphatic carbocycles. The van der Waals surface area contributed by atoms with Crippen LogP contribution in [-0.2, 0) is 4.79 Å². The van der Waals surface area contributed by atoms with Gasteiger partial charge in [0, 0.05) is 23.8 Å². The Hall–Kier alpha value is -2.30. The van der Waals surface area contributed by atoms with E-state index in [9.17, 15) is 9.59 Å². The first-order valence-corrected chi connectivity index (χ1v) is 8.82. The van der Waals surface area contributed by atoms with Gasteiger partial charge in [-0.1, -0.05) is 38.0 Å². The van der Waals surface area contributed by atoms with E-state index in [4.69, 9.17) is 0 Å². The van der Waals surface area contributed by atoms with Crippen LogP contribution in [0.3, 0.4) is 0 Å². The summed E-state index contributed by atoms with van der Waals surface area (Å²) in [6, 6.07) is 7.41. The van der Waals surface area contributed by atoms with Gasteiger partial charge in [0.1, 0.15) is 0 Å². The minimum atomic E-state index is -0.105. The molecule has 0 radical (unpaired) electrons. The lowest BCUT2D eigenvalue weighted by atomic mass is 10.1. The molecular weight excluding hydrogens is 302 g/mol. The van der Waals surface area contributed by atoms with Crippen LogP contribution in [0.25, 0.3) is 0 Å². The van der Waals surface area contributed by atoms with E-state index < -0.39 is 0 Å². The maximum absolute atomic E-state index is 12.4. The molecule has 1 saturated carbocycles. The van der Waals surface area contributed by atoms with Crippen LogP contribution < -0.4 is 10.6 Å². The predicted octanol–water partition coefficient (Wildman–Crippen LogP) is 4.00. The number of nitrogens with one attached hydrogen (secondary N) is 2. The van der Waals surface area contributed by atoms with Gasteiger partial charge in [0.25, 0.3) is 0 Å².